The molecule has 0 aliphatic heterocycles. The van der Waals surface area contributed by atoms with Gasteiger partial charge in [-0.1, -0.05) is 12.7 Å². The zero-order chi connectivity index (χ0) is 9.84. The molecule has 13 heavy (non-hydrogen) atoms. The Balaban J connectivity index is 3.30. The monoisotopic (exact) mass is 181 g/mol. The lowest BCUT2D eigenvalue weighted by Gasteiger charge is -2.03. The van der Waals surface area contributed by atoms with E-state index in [9.17, 15) is 9.18 Å². The average molecular weight is 181 g/mol. The number of ether oxygens (including phenoxy) is 1. The van der Waals surface area contributed by atoms with Gasteiger partial charge in [-0.2, -0.15) is 4.39 Å². The van der Waals surface area contributed by atoms with E-state index in [1.807, 2.05) is 0 Å². The van der Waals surface area contributed by atoms with Crippen LogP contribution in [0.2, 0.25) is 0 Å². The largest absolute Gasteiger partial charge is 0.465 e. The number of methoxy groups -OCH3 is 1. The van der Waals surface area contributed by atoms with Crippen molar-refractivity contribution < 1.29 is 13.9 Å². The number of esters is 1. The summed E-state index contributed by atoms with van der Waals surface area (Å²) in [4.78, 5) is 14.4. The molecule has 0 amide bonds. The molecule has 1 aromatic heterocycles. The SMILES string of the molecule is C=Cc1ccnc(F)c1C(=O)OC. The zero-order valence-corrected chi connectivity index (χ0v) is 7.08. The lowest BCUT2D eigenvalue weighted by Crippen LogP contribution is -2.08. The van der Waals surface area contributed by atoms with Crippen LogP contribution in [0.5, 0.6) is 0 Å². The first-order chi connectivity index (χ1) is 6.20. The van der Waals surface area contributed by atoms with Crippen LogP contribution in [0.15, 0.2) is 18.8 Å². The van der Waals surface area contributed by atoms with E-state index in [-0.39, 0.29) is 5.56 Å². The predicted octanol–water partition coefficient (Wildman–Crippen LogP) is 1.65. The summed E-state index contributed by atoms with van der Waals surface area (Å²) in [6.07, 6.45) is 2.63. The third kappa shape index (κ3) is 1.72. The van der Waals surface area contributed by atoms with Gasteiger partial charge in [-0.3, -0.25) is 0 Å². The second kappa shape index (κ2) is 3.80. The van der Waals surface area contributed by atoms with Crippen molar-refractivity contribution in [2.24, 2.45) is 0 Å². The molecule has 1 aromatic rings. The van der Waals surface area contributed by atoms with Gasteiger partial charge in [-0.15, -0.1) is 0 Å². The lowest BCUT2D eigenvalue weighted by atomic mass is 10.1. The summed E-state index contributed by atoms with van der Waals surface area (Å²) in [5, 5.41) is 0. The van der Waals surface area contributed by atoms with Crippen LogP contribution in [0, 0.1) is 5.95 Å². The molecule has 0 unspecified atom stereocenters. The molecule has 68 valence electrons. The Morgan fingerprint density at radius 3 is 3.00 bits per heavy atom. The van der Waals surface area contributed by atoms with E-state index in [1.54, 1.807) is 0 Å². The van der Waals surface area contributed by atoms with Crippen molar-refractivity contribution in [3.05, 3.63) is 35.9 Å². The standard InChI is InChI=1S/C9H8FNO2/c1-3-6-4-5-11-8(10)7(6)9(12)13-2/h3-5H,1H2,2H3. The number of halogens is 1. The second-order valence-corrected chi connectivity index (χ2v) is 2.26. The maximum atomic E-state index is 13.0. The fourth-order valence-corrected chi connectivity index (χ4v) is 0.924. The summed E-state index contributed by atoms with van der Waals surface area (Å²) in [6, 6.07) is 1.49. The number of carbonyl (C=O) groups is 1. The molecular weight excluding hydrogens is 173 g/mol. The van der Waals surface area contributed by atoms with Gasteiger partial charge in [0, 0.05) is 6.20 Å². The van der Waals surface area contributed by atoms with Crippen molar-refractivity contribution in [2.45, 2.75) is 0 Å². The number of nitrogens with zero attached hydrogens (tertiary/aromatic N) is 1. The summed E-state index contributed by atoms with van der Waals surface area (Å²) in [5.74, 6) is -1.59. The molecule has 0 atom stereocenters. The van der Waals surface area contributed by atoms with Crippen LogP contribution in [-0.2, 0) is 4.74 Å². The van der Waals surface area contributed by atoms with E-state index in [1.165, 1.54) is 25.4 Å². The lowest BCUT2D eigenvalue weighted by molar-refractivity contribution is 0.0594. The highest BCUT2D eigenvalue weighted by atomic mass is 19.1. The Kier molecular flexibility index (Phi) is 2.74. The molecular formula is C9H8FNO2. The number of aromatic nitrogens is 1. The number of rotatable bonds is 2. The van der Waals surface area contributed by atoms with Crippen LogP contribution in [0.4, 0.5) is 4.39 Å². The third-order valence-electron chi connectivity index (χ3n) is 1.55. The van der Waals surface area contributed by atoms with E-state index in [4.69, 9.17) is 0 Å². The Hall–Kier alpha value is -1.71. The minimum Gasteiger partial charge on any atom is -0.465 e. The molecule has 0 saturated heterocycles. The fourth-order valence-electron chi connectivity index (χ4n) is 0.924. The van der Waals surface area contributed by atoms with Crippen molar-refractivity contribution in [1.82, 2.24) is 4.98 Å². The van der Waals surface area contributed by atoms with Crippen LogP contribution in [0.25, 0.3) is 6.08 Å². The molecule has 0 aliphatic rings. The molecule has 0 spiro atoms. The summed E-state index contributed by atoms with van der Waals surface area (Å²) in [7, 11) is 1.18. The number of hydrogen-bond acceptors (Lipinski definition) is 3. The fraction of sp³-hybridized carbons (Fsp3) is 0.111. The smallest absolute Gasteiger partial charge is 0.343 e. The van der Waals surface area contributed by atoms with Crippen molar-refractivity contribution in [3.8, 4) is 0 Å². The van der Waals surface area contributed by atoms with E-state index in [0.29, 0.717) is 5.56 Å². The Bertz CT molecular complexity index is 349. The first-order valence-electron chi connectivity index (χ1n) is 3.56. The highest BCUT2D eigenvalue weighted by Gasteiger charge is 2.16. The molecule has 0 aromatic carbocycles. The van der Waals surface area contributed by atoms with Gasteiger partial charge in [-0.05, 0) is 11.6 Å². The summed E-state index contributed by atoms with van der Waals surface area (Å²) in [6.45, 7) is 3.45. The van der Waals surface area contributed by atoms with E-state index in [2.05, 4.69) is 16.3 Å². The van der Waals surface area contributed by atoms with Gasteiger partial charge in [0.1, 0.15) is 5.56 Å². The first-order valence-corrected chi connectivity index (χ1v) is 3.56. The second-order valence-electron chi connectivity index (χ2n) is 2.26. The third-order valence-corrected chi connectivity index (χ3v) is 1.55. The maximum absolute atomic E-state index is 13.0. The van der Waals surface area contributed by atoms with Crippen LogP contribution < -0.4 is 0 Å². The van der Waals surface area contributed by atoms with E-state index >= 15 is 0 Å². The van der Waals surface area contributed by atoms with Crippen molar-refractivity contribution in [2.75, 3.05) is 7.11 Å². The molecule has 0 aliphatic carbocycles. The minimum absolute atomic E-state index is 0.181. The molecule has 4 heteroatoms. The number of hydrogen-bond donors (Lipinski definition) is 0. The summed E-state index contributed by atoms with van der Waals surface area (Å²) < 4.78 is 17.4. The van der Waals surface area contributed by atoms with Gasteiger partial charge >= 0.3 is 5.97 Å². The van der Waals surface area contributed by atoms with E-state index < -0.39 is 11.9 Å². The zero-order valence-electron chi connectivity index (χ0n) is 7.08. The normalized spacial score (nSPS) is 9.38. The van der Waals surface area contributed by atoms with E-state index in [0.717, 1.165) is 0 Å². The van der Waals surface area contributed by atoms with Crippen LogP contribution >= 0.6 is 0 Å². The molecule has 3 nitrogen and oxygen atoms in total. The molecule has 0 saturated carbocycles. The molecule has 0 bridgehead atoms. The van der Waals surface area contributed by atoms with Crippen molar-refractivity contribution in [1.29, 1.82) is 0 Å². The van der Waals surface area contributed by atoms with Gasteiger partial charge in [0.2, 0.25) is 5.95 Å². The number of carbonyl (C=O) groups excluding carboxylic acids is 1. The topological polar surface area (TPSA) is 39.2 Å². The van der Waals surface area contributed by atoms with Crippen LogP contribution in [0.1, 0.15) is 15.9 Å². The average Bonchev–Trinajstić information content (AvgIpc) is 2.16. The summed E-state index contributed by atoms with van der Waals surface area (Å²) >= 11 is 0. The van der Waals surface area contributed by atoms with Gasteiger partial charge in [0.15, 0.2) is 0 Å². The van der Waals surface area contributed by atoms with Crippen LogP contribution in [0.3, 0.4) is 0 Å². The van der Waals surface area contributed by atoms with Gasteiger partial charge in [-0.25, -0.2) is 9.78 Å². The molecule has 0 fully saturated rings. The van der Waals surface area contributed by atoms with Gasteiger partial charge in [0.05, 0.1) is 7.11 Å². The van der Waals surface area contributed by atoms with Crippen molar-refractivity contribution >= 4 is 12.0 Å². The maximum Gasteiger partial charge on any atom is 0.343 e. The van der Waals surface area contributed by atoms with Crippen LogP contribution in [-0.4, -0.2) is 18.1 Å². The molecule has 0 radical (unpaired) electrons. The minimum atomic E-state index is -0.843. The highest BCUT2D eigenvalue weighted by Crippen LogP contribution is 2.13. The number of pyridine rings is 1. The Labute approximate surface area is 74.9 Å². The predicted molar refractivity (Wildman–Crippen MR) is 45.6 cm³/mol. The van der Waals surface area contributed by atoms with Gasteiger partial charge < -0.3 is 4.74 Å². The Morgan fingerprint density at radius 2 is 2.46 bits per heavy atom. The van der Waals surface area contributed by atoms with Crippen molar-refractivity contribution in [3.63, 3.8) is 0 Å². The molecule has 1 rings (SSSR count). The summed E-state index contributed by atoms with van der Waals surface area (Å²) in [5.41, 5.74) is 0.194. The first kappa shape index (κ1) is 9.38. The van der Waals surface area contributed by atoms with Gasteiger partial charge in [0.25, 0.3) is 0 Å². The molecule has 0 N–H and O–H groups in total. The quantitative estimate of drug-likeness (QED) is 0.514. The Morgan fingerprint density at radius 1 is 1.77 bits per heavy atom. The molecule has 1 heterocycles. The highest BCUT2D eigenvalue weighted by molar-refractivity contribution is 5.93.